The molecular weight excluding hydrogens is 377 g/mol. The number of amides is 1. The van der Waals surface area contributed by atoms with Crippen molar-refractivity contribution in [3.05, 3.63) is 56.0 Å². The number of carbonyl (C=O) groups is 1. The summed E-state index contributed by atoms with van der Waals surface area (Å²) >= 11 is 15.4. The van der Waals surface area contributed by atoms with Crippen LogP contribution in [0.3, 0.4) is 0 Å². The van der Waals surface area contributed by atoms with Crippen molar-refractivity contribution in [3.63, 3.8) is 0 Å². The van der Waals surface area contributed by atoms with Crippen LogP contribution >= 0.6 is 39.1 Å². The van der Waals surface area contributed by atoms with Crippen LogP contribution in [0, 0.1) is 13.8 Å². The maximum atomic E-state index is 11.9. The molecule has 3 nitrogen and oxygen atoms in total. The van der Waals surface area contributed by atoms with Crippen LogP contribution in [-0.2, 0) is 0 Å². The van der Waals surface area contributed by atoms with Crippen LogP contribution in [0.2, 0.25) is 10.0 Å². The minimum atomic E-state index is -0.625. The lowest BCUT2D eigenvalue weighted by atomic mass is 10.1. The summed E-state index contributed by atoms with van der Waals surface area (Å²) in [7, 11) is 0. The van der Waals surface area contributed by atoms with Gasteiger partial charge in [0.2, 0.25) is 0 Å². The van der Waals surface area contributed by atoms with Gasteiger partial charge in [0.15, 0.2) is 0 Å². The number of benzene rings is 2. The van der Waals surface area contributed by atoms with E-state index in [2.05, 4.69) is 21.2 Å². The van der Waals surface area contributed by atoms with E-state index in [4.69, 9.17) is 27.9 Å². The van der Waals surface area contributed by atoms with Gasteiger partial charge in [0, 0.05) is 4.47 Å². The first-order valence-electron chi connectivity index (χ1n) is 6.08. The molecule has 0 saturated carbocycles. The summed E-state index contributed by atoms with van der Waals surface area (Å²) in [5.41, 5.74) is 2.37. The van der Waals surface area contributed by atoms with Crippen molar-refractivity contribution in [3.8, 4) is 5.75 Å². The van der Waals surface area contributed by atoms with E-state index in [0.29, 0.717) is 16.5 Å². The monoisotopic (exact) mass is 387 g/mol. The van der Waals surface area contributed by atoms with Crippen LogP contribution in [0.25, 0.3) is 0 Å². The predicted molar refractivity (Wildman–Crippen MR) is 89.7 cm³/mol. The number of halogens is 3. The van der Waals surface area contributed by atoms with E-state index in [1.54, 1.807) is 30.3 Å². The zero-order chi connectivity index (χ0) is 15.6. The normalized spacial score (nSPS) is 10.3. The fourth-order valence-corrected chi connectivity index (χ4v) is 2.38. The molecule has 0 bridgehead atoms. The number of hydrogen-bond donors (Lipinski definition) is 1. The molecule has 1 amide bonds. The summed E-state index contributed by atoms with van der Waals surface area (Å²) < 4.78 is 6.25. The van der Waals surface area contributed by atoms with Gasteiger partial charge in [-0.2, -0.15) is 0 Å². The van der Waals surface area contributed by atoms with Crippen molar-refractivity contribution in [2.75, 3.05) is 5.32 Å². The zero-order valence-electron chi connectivity index (χ0n) is 11.3. The Morgan fingerprint density at radius 1 is 1.19 bits per heavy atom. The van der Waals surface area contributed by atoms with E-state index in [9.17, 15) is 4.79 Å². The number of rotatable bonds is 2. The van der Waals surface area contributed by atoms with Gasteiger partial charge < -0.3 is 4.74 Å². The van der Waals surface area contributed by atoms with Gasteiger partial charge in [-0.25, -0.2) is 4.79 Å². The minimum absolute atomic E-state index is 0.277. The van der Waals surface area contributed by atoms with Gasteiger partial charge in [0.25, 0.3) is 0 Å². The van der Waals surface area contributed by atoms with Gasteiger partial charge >= 0.3 is 6.09 Å². The lowest BCUT2D eigenvalue weighted by molar-refractivity contribution is 0.215. The molecule has 0 spiro atoms. The maximum absolute atomic E-state index is 11.9. The van der Waals surface area contributed by atoms with Crippen molar-refractivity contribution >= 4 is 50.9 Å². The Morgan fingerprint density at radius 3 is 2.43 bits per heavy atom. The molecule has 6 heteroatoms. The molecule has 2 rings (SSSR count). The quantitative estimate of drug-likeness (QED) is 0.686. The van der Waals surface area contributed by atoms with Gasteiger partial charge in [0.05, 0.1) is 15.7 Å². The van der Waals surface area contributed by atoms with E-state index in [-0.39, 0.29) is 5.02 Å². The van der Waals surface area contributed by atoms with Crippen LogP contribution in [0.15, 0.2) is 34.8 Å². The van der Waals surface area contributed by atoms with Crippen molar-refractivity contribution < 1.29 is 9.53 Å². The highest BCUT2D eigenvalue weighted by Crippen LogP contribution is 2.30. The molecule has 0 heterocycles. The first kappa shape index (κ1) is 16.1. The smallest absolute Gasteiger partial charge is 0.410 e. The summed E-state index contributed by atoms with van der Waals surface area (Å²) in [5.74, 6) is 0.462. The summed E-state index contributed by atoms with van der Waals surface area (Å²) in [6.07, 6.45) is -0.625. The summed E-state index contributed by atoms with van der Waals surface area (Å²) in [4.78, 5) is 11.9. The Balaban J connectivity index is 2.14. The maximum Gasteiger partial charge on any atom is 0.417 e. The molecule has 2 aromatic rings. The van der Waals surface area contributed by atoms with Gasteiger partial charge in [-0.05, 0) is 49.2 Å². The molecule has 0 saturated heterocycles. The number of anilines is 1. The van der Waals surface area contributed by atoms with Gasteiger partial charge in [-0.15, -0.1) is 0 Å². The fraction of sp³-hybridized carbons (Fsp3) is 0.133. The van der Waals surface area contributed by atoms with Crippen molar-refractivity contribution in [2.45, 2.75) is 13.8 Å². The zero-order valence-corrected chi connectivity index (χ0v) is 14.4. The number of nitrogens with one attached hydrogen (secondary N) is 1. The number of carbonyl (C=O) groups excluding carboxylic acids is 1. The second kappa shape index (κ2) is 6.69. The Kier molecular flexibility index (Phi) is 5.14. The highest BCUT2D eigenvalue weighted by Gasteiger charge is 2.11. The molecule has 2 aromatic carbocycles. The van der Waals surface area contributed by atoms with Gasteiger partial charge in [0.1, 0.15) is 5.75 Å². The highest BCUT2D eigenvalue weighted by molar-refractivity contribution is 9.10. The van der Waals surface area contributed by atoms with Gasteiger partial charge in [-0.3, -0.25) is 5.32 Å². The summed E-state index contributed by atoms with van der Waals surface area (Å²) in [6, 6.07) is 8.53. The second-order valence-electron chi connectivity index (χ2n) is 4.49. The lowest BCUT2D eigenvalue weighted by Gasteiger charge is -2.11. The first-order valence-corrected chi connectivity index (χ1v) is 7.63. The molecule has 0 aliphatic heterocycles. The summed E-state index contributed by atoms with van der Waals surface area (Å²) in [6.45, 7) is 3.85. The number of hydrogen-bond acceptors (Lipinski definition) is 2. The minimum Gasteiger partial charge on any atom is -0.410 e. The standard InChI is InChI=1S/C15H12BrCl2NO2/c1-8-6-10(7-9(2)13(8)16)21-15(20)19-12-5-3-4-11(17)14(12)18/h3-7H,1-2H3,(H,19,20). The fourth-order valence-electron chi connectivity index (χ4n) is 1.81. The molecule has 0 aliphatic rings. The molecule has 0 aromatic heterocycles. The van der Waals surface area contributed by atoms with Crippen LogP contribution < -0.4 is 10.1 Å². The predicted octanol–water partition coefficient (Wildman–Crippen LogP) is 5.98. The van der Waals surface area contributed by atoms with Crippen LogP contribution in [0.1, 0.15) is 11.1 Å². The van der Waals surface area contributed by atoms with Crippen LogP contribution in [-0.4, -0.2) is 6.09 Å². The second-order valence-corrected chi connectivity index (χ2v) is 6.07. The first-order chi connectivity index (χ1) is 9.88. The van der Waals surface area contributed by atoms with Crippen LogP contribution in [0.5, 0.6) is 5.75 Å². The molecule has 0 aliphatic carbocycles. The topological polar surface area (TPSA) is 38.3 Å². The third kappa shape index (κ3) is 3.90. The largest absolute Gasteiger partial charge is 0.417 e. The molecule has 110 valence electrons. The Morgan fingerprint density at radius 2 is 1.81 bits per heavy atom. The van der Waals surface area contributed by atoms with E-state index in [1.165, 1.54) is 0 Å². The van der Waals surface area contributed by atoms with E-state index < -0.39 is 6.09 Å². The Hall–Kier alpha value is -1.23. The number of ether oxygens (including phenoxy) is 1. The molecule has 0 atom stereocenters. The lowest BCUT2D eigenvalue weighted by Crippen LogP contribution is -2.17. The SMILES string of the molecule is Cc1cc(OC(=O)Nc2cccc(Cl)c2Cl)cc(C)c1Br. The van der Waals surface area contributed by atoms with E-state index >= 15 is 0 Å². The number of aryl methyl sites for hydroxylation is 2. The van der Waals surface area contributed by atoms with Crippen LogP contribution in [0.4, 0.5) is 10.5 Å². The Labute approximate surface area is 141 Å². The molecule has 0 unspecified atom stereocenters. The van der Waals surface area contributed by atoms with Crippen molar-refractivity contribution in [1.29, 1.82) is 0 Å². The molecular formula is C15H12BrCl2NO2. The molecule has 1 N–H and O–H groups in total. The molecule has 21 heavy (non-hydrogen) atoms. The summed E-state index contributed by atoms with van der Waals surface area (Å²) in [5, 5.41) is 3.21. The highest BCUT2D eigenvalue weighted by atomic mass is 79.9. The van der Waals surface area contributed by atoms with E-state index in [1.807, 2.05) is 13.8 Å². The van der Waals surface area contributed by atoms with Crippen molar-refractivity contribution in [2.24, 2.45) is 0 Å². The third-order valence-electron chi connectivity index (χ3n) is 2.81. The molecule has 0 radical (unpaired) electrons. The third-order valence-corrected chi connectivity index (χ3v) is 4.88. The van der Waals surface area contributed by atoms with Crippen molar-refractivity contribution in [1.82, 2.24) is 0 Å². The average molecular weight is 389 g/mol. The van der Waals surface area contributed by atoms with Gasteiger partial charge in [-0.1, -0.05) is 45.2 Å². The Bertz CT molecular complexity index is 681. The average Bonchev–Trinajstić information content (AvgIpc) is 2.41. The molecule has 0 fully saturated rings. The van der Waals surface area contributed by atoms with E-state index in [0.717, 1.165) is 15.6 Å².